The van der Waals surface area contributed by atoms with Crippen molar-refractivity contribution in [1.29, 1.82) is 0 Å². The summed E-state index contributed by atoms with van der Waals surface area (Å²) in [6.07, 6.45) is -0.401. The highest BCUT2D eigenvalue weighted by molar-refractivity contribution is 7.21. The third kappa shape index (κ3) is 5.19. The molecule has 1 aromatic rings. The minimum atomic E-state index is -0.487. The van der Waals surface area contributed by atoms with Crippen molar-refractivity contribution >= 4 is 33.3 Å². The van der Waals surface area contributed by atoms with E-state index in [9.17, 15) is 4.79 Å². The van der Waals surface area contributed by atoms with Gasteiger partial charge in [0.05, 0.1) is 20.8 Å². The molecule has 1 aliphatic heterocycles. The minimum absolute atomic E-state index is 0.401. The number of nitrogens with zero attached hydrogens (tertiary/aromatic N) is 2. The Morgan fingerprint density at radius 1 is 1.14 bits per heavy atom. The highest BCUT2D eigenvalue weighted by Gasteiger charge is 2.15. The van der Waals surface area contributed by atoms with Gasteiger partial charge in [-0.05, 0) is 45.0 Å². The molecular formula is C21H27N4O2S+. The first kappa shape index (κ1) is 20.1. The van der Waals surface area contributed by atoms with Crippen LogP contribution in [0.5, 0.6) is 0 Å². The largest absolute Gasteiger partial charge is 0.444 e. The number of hydrogen-bond acceptors (Lipinski definition) is 5. The van der Waals surface area contributed by atoms with E-state index in [0.29, 0.717) is 13.1 Å². The van der Waals surface area contributed by atoms with Crippen molar-refractivity contribution in [2.45, 2.75) is 26.4 Å². The van der Waals surface area contributed by atoms with Crippen molar-refractivity contribution in [1.82, 2.24) is 14.9 Å². The van der Waals surface area contributed by atoms with E-state index in [4.69, 9.17) is 9.72 Å². The van der Waals surface area contributed by atoms with Gasteiger partial charge >= 0.3 is 6.09 Å². The molecule has 0 unspecified atom stereocenters. The van der Waals surface area contributed by atoms with Gasteiger partial charge in [-0.15, -0.1) is 11.3 Å². The van der Waals surface area contributed by atoms with E-state index in [2.05, 4.69) is 39.5 Å². The van der Waals surface area contributed by atoms with Gasteiger partial charge in [0.1, 0.15) is 19.7 Å². The second-order valence-corrected chi connectivity index (χ2v) is 8.88. The van der Waals surface area contributed by atoms with Gasteiger partial charge in [-0.2, -0.15) is 0 Å². The lowest BCUT2D eigenvalue weighted by Crippen LogP contribution is -2.34. The molecule has 0 radical (unpaired) electrons. The van der Waals surface area contributed by atoms with Crippen molar-refractivity contribution < 1.29 is 9.53 Å². The lowest BCUT2D eigenvalue weighted by Gasteiger charge is -2.19. The van der Waals surface area contributed by atoms with Crippen LogP contribution in [0.15, 0.2) is 36.4 Å². The number of aromatic nitrogens is 1. The number of carbonyl (C=O) groups excluding carboxylic acids is 1. The molecular weight excluding hydrogens is 372 g/mol. The normalized spacial score (nSPS) is 11.5. The zero-order valence-electron chi connectivity index (χ0n) is 17.0. The molecule has 3 rings (SSSR count). The molecule has 6 nitrogen and oxygen atoms in total. The van der Waals surface area contributed by atoms with E-state index in [0.717, 1.165) is 31.8 Å². The maximum atomic E-state index is 11.7. The van der Waals surface area contributed by atoms with Crippen LogP contribution < -0.4 is 20.6 Å². The Kier molecular flexibility index (Phi) is 5.84. The Labute approximate surface area is 169 Å². The zero-order valence-corrected chi connectivity index (χ0v) is 17.8. The van der Waals surface area contributed by atoms with Crippen molar-refractivity contribution in [2.75, 3.05) is 32.5 Å². The fourth-order valence-corrected chi connectivity index (χ4v) is 3.73. The average molecular weight is 400 g/mol. The van der Waals surface area contributed by atoms with Gasteiger partial charge < -0.3 is 15.4 Å². The summed E-state index contributed by atoms with van der Waals surface area (Å²) in [7, 11) is 4.07. The molecule has 1 aliphatic carbocycles. The lowest BCUT2D eigenvalue weighted by atomic mass is 10.2. The van der Waals surface area contributed by atoms with Crippen LogP contribution in [0, 0.1) is 0 Å². The minimum Gasteiger partial charge on any atom is -0.444 e. The second kappa shape index (κ2) is 8.14. The number of alkyl carbamates (subject to hydrolysis) is 1. The Bertz CT molecular complexity index is 1030. The molecule has 148 valence electrons. The number of rotatable bonds is 4. The summed E-state index contributed by atoms with van der Waals surface area (Å²) < 4.78 is 8.44. The van der Waals surface area contributed by atoms with E-state index < -0.39 is 11.7 Å². The highest BCUT2D eigenvalue weighted by Crippen LogP contribution is 2.30. The van der Waals surface area contributed by atoms with Crippen molar-refractivity contribution in [3.8, 4) is 10.6 Å². The maximum Gasteiger partial charge on any atom is 0.407 e. The molecule has 0 atom stereocenters. The maximum absolute atomic E-state index is 11.7. The predicted octanol–water partition coefficient (Wildman–Crippen LogP) is 3.37. The number of benzene rings is 2. The van der Waals surface area contributed by atoms with Crippen molar-refractivity contribution in [3.63, 3.8) is 0 Å². The van der Waals surface area contributed by atoms with Crippen LogP contribution in [-0.2, 0) is 4.74 Å². The third-order valence-electron chi connectivity index (χ3n) is 4.00. The smallest absolute Gasteiger partial charge is 0.407 e. The zero-order chi connectivity index (χ0) is 20.3. The first-order chi connectivity index (χ1) is 13.2. The van der Waals surface area contributed by atoms with Gasteiger partial charge in [0, 0.05) is 30.9 Å². The van der Waals surface area contributed by atoms with E-state index >= 15 is 0 Å². The van der Waals surface area contributed by atoms with Crippen LogP contribution in [0.25, 0.3) is 20.8 Å². The van der Waals surface area contributed by atoms with Gasteiger partial charge in [0.25, 0.3) is 0 Å². The molecule has 2 N–H and O–H groups in total. The van der Waals surface area contributed by atoms with E-state index in [1.807, 2.05) is 47.0 Å². The number of fused-ring (bicyclic) bond motifs is 2. The first-order valence-corrected chi connectivity index (χ1v) is 10.1. The van der Waals surface area contributed by atoms with Crippen molar-refractivity contribution in [3.05, 3.63) is 41.8 Å². The SMILES string of the molecule is C[N+](C)=c1ccc2nc3ccc(NCCNC(=O)OC(C)(C)C)cc3sc-2c1. The fraction of sp³-hybridized carbons (Fsp3) is 0.381. The van der Waals surface area contributed by atoms with Gasteiger partial charge in [-0.25, -0.2) is 14.4 Å². The van der Waals surface area contributed by atoms with Crippen LogP contribution in [0.2, 0.25) is 0 Å². The lowest BCUT2D eigenvalue weighted by molar-refractivity contribution is 0.0530. The van der Waals surface area contributed by atoms with Gasteiger partial charge in [-0.1, -0.05) is 0 Å². The van der Waals surface area contributed by atoms with Gasteiger partial charge in [-0.3, -0.25) is 0 Å². The summed E-state index contributed by atoms with van der Waals surface area (Å²) in [5.74, 6) is 0. The number of ether oxygens (including phenoxy) is 1. The number of carbonyl (C=O) groups is 1. The molecule has 0 aromatic heterocycles. The summed E-state index contributed by atoms with van der Waals surface area (Å²) in [6, 6.07) is 12.4. The topological polar surface area (TPSA) is 66.3 Å². The van der Waals surface area contributed by atoms with Crippen LogP contribution >= 0.6 is 11.3 Å². The van der Waals surface area contributed by atoms with Gasteiger partial charge in [0.2, 0.25) is 5.36 Å². The molecule has 0 spiro atoms. The summed E-state index contributed by atoms with van der Waals surface area (Å²) in [4.78, 5) is 17.6. The predicted molar refractivity (Wildman–Crippen MR) is 116 cm³/mol. The molecule has 1 heterocycles. The van der Waals surface area contributed by atoms with E-state index in [-0.39, 0.29) is 0 Å². The summed E-state index contributed by atoms with van der Waals surface area (Å²) in [5.41, 5.74) is 2.50. The summed E-state index contributed by atoms with van der Waals surface area (Å²) >= 11 is 1.73. The molecule has 2 aliphatic rings. The monoisotopic (exact) mass is 399 g/mol. The molecule has 0 bridgehead atoms. The molecule has 0 saturated heterocycles. The molecule has 0 saturated carbocycles. The average Bonchev–Trinajstić information content (AvgIpc) is 2.61. The number of hydrogen-bond donors (Lipinski definition) is 2. The third-order valence-corrected chi connectivity index (χ3v) is 5.10. The summed E-state index contributed by atoms with van der Waals surface area (Å²) in [5, 5.41) is 7.24. The van der Waals surface area contributed by atoms with Crippen LogP contribution in [0.3, 0.4) is 0 Å². The van der Waals surface area contributed by atoms with Gasteiger partial charge in [0.15, 0.2) is 0 Å². The van der Waals surface area contributed by atoms with E-state index in [1.54, 1.807) is 11.3 Å². The van der Waals surface area contributed by atoms with Crippen molar-refractivity contribution in [2.24, 2.45) is 0 Å². The van der Waals surface area contributed by atoms with E-state index in [1.165, 1.54) is 0 Å². The van der Waals surface area contributed by atoms with Crippen LogP contribution in [0.4, 0.5) is 10.5 Å². The highest BCUT2D eigenvalue weighted by atomic mass is 32.1. The standard InChI is InChI=1S/C21H26N4O2S/c1-21(2,3)27-20(26)23-11-10-22-14-6-8-16-18(12-14)28-19-13-15(25(4)5)7-9-17(19)24-16/h6-9,12-13H,10-11H2,1-5H3,(H,23,26)/p+1. The molecule has 1 aromatic carbocycles. The van der Waals surface area contributed by atoms with Crippen LogP contribution in [-0.4, -0.2) is 43.9 Å². The first-order valence-electron chi connectivity index (χ1n) is 9.27. The van der Waals surface area contributed by atoms with Crippen LogP contribution in [0.1, 0.15) is 20.8 Å². The Morgan fingerprint density at radius 3 is 2.64 bits per heavy atom. The Balaban J connectivity index is 1.70. The molecule has 1 amide bonds. The number of nitrogens with one attached hydrogen (secondary N) is 2. The fourth-order valence-electron chi connectivity index (χ4n) is 2.69. The number of anilines is 1. The molecule has 28 heavy (non-hydrogen) atoms. The second-order valence-electron chi connectivity index (χ2n) is 7.80. The number of amides is 1. The molecule has 0 fully saturated rings. The molecule has 7 heteroatoms. The Morgan fingerprint density at radius 2 is 1.93 bits per heavy atom. The summed E-state index contributed by atoms with van der Waals surface area (Å²) in [6.45, 7) is 6.64. The quantitative estimate of drug-likeness (QED) is 0.401. The Hall–Kier alpha value is -2.67.